The van der Waals surface area contributed by atoms with Crippen molar-refractivity contribution in [3.05, 3.63) is 29.3 Å². The van der Waals surface area contributed by atoms with Crippen molar-refractivity contribution < 1.29 is 14.3 Å². The number of benzene rings is 1. The molecule has 0 spiro atoms. The van der Waals surface area contributed by atoms with E-state index in [2.05, 4.69) is 37.4 Å². The van der Waals surface area contributed by atoms with Crippen molar-refractivity contribution >= 4 is 5.91 Å². The Labute approximate surface area is 150 Å². The van der Waals surface area contributed by atoms with E-state index in [1.54, 1.807) is 0 Å². The van der Waals surface area contributed by atoms with Gasteiger partial charge < -0.3 is 19.7 Å². The molecule has 0 radical (unpaired) electrons. The molecule has 1 aromatic carbocycles. The molecule has 138 valence electrons. The second kappa shape index (κ2) is 8.68. The first kappa shape index (κ1) is 18.2. The van der Waals surface area contributed by atoms with E-state index in [4.69, 9.17) is 9.47 Å². The Morgan fingerprint density at radius 1 is 1.32 bits per heavy atom. The predicted octanol–water partition coefficient (Wildman–Crippen LogP) is 2.37. The van der Waals surface area contributed by atoms with E-state index in [-0.39, 0.29) is 12.0 Å². The number of hydrogen-bond donors (Lipinski definition) is 1. The Morgan fingerprint density at radius 2 is 2.20 bits per heavy atom. The van der Waals surface area contributed by atoms with E-state index in [1.807, 2.05) is 4.90 Å². The zero-order chi connectivity index (χ0) is 17.6. The van der Waals surface area contributed by atoms with Crippen molar-refractivity contribution in [1.82, 2.24) is 10.2 Å². The molecule has 3 rings (SSSR count). The lowest BCUT2D eigenvalue weighted by molar-refractivity contribution is -0.146. The third-order valence-corrected chi connectivity index (χ3v) is 4.70. The number of nitrogens with one attached hydrogen (secondary N) is 1. The summed E-state index contributed by atoms with van der Waals surface area (Å²) in [4.78, 5) is 14.9. The Balaban J connectivity index is 1.73. The van der Waals surface area contributed by atoms with Crippen molar-refractivity contribution in [2.24, 2.45) is 5.92 Å². The summed E-state index contributed by atoms with van der Waals surface area (Å²) in [5.41, 5.74) is 2.43. The van der Waals surface area contributed by atoms with Gasteiger partial charge in [-0.3, -0.25) is 4.79 Å². The summed E-state index contributed by atoms with van der Waals surface area (Å²) >= 11 is 0. The van der Waals surface area contributed by atoms with Crippen LogP contribution in [0.5, 0.6) is 5.75 Å². The molecule has 1 unspecified atom stereocenters. The molecule has 1 amide bonds. The molecule has 5 heteroatoms. The molecular weight excluding hydrogens is 316 g/mol. The number of aryl methyl sites for hydroxylation is 1. The minimum Gasteiger partial charge on any atom is -0.493 e. The molecule has 1 fully saturated rings. The van der Waals surface area contributed by atoms with Gasteiger partial charge in [0.05, 0.1) is 13.2 Å². The molecule has 1 N–H and O–H groups in total. The van der Waals surface area contributed by atoms with Crippen LogP contribution in [0.15, 0.2) is 18.2 Å². The van der Waals surface area contributed by atoms with E-state index in [0.717, 1.165) is 44.7 Å². The van der Waals surface area contributed by atoms with Crippen molar-refractivity contribution in [1.29, 1.82) is 0 Å². The highest BCUT2D eigenvalue weighted by molar-refractivity contribution is 5.81. The highest BCUT2D eigenvalue weighted by atomic mass is 16.5. The van der Waals surface area contributed by atoms with Crippen LogP contribution in [-0.4, -0.2) is 49.8 Å². The van der Waals surface area contributed by atoms with Crippen LogP contribution in [0, 0.1) is 5.92 Å². The Bertz CT molecular complexity index is 582. The summed E-state index contributed by atoms with van der Waals surface area (Å²) < 4.78 is 11.5. The lowest BCUT2D eigenvalue weighted by atomic mass is 10.0. The highest BCUT2D eigenvalue weighted by Crippen LogP contribution is 2.26. The molecule has 1 saturated heterocycles. The number of ether oxygens (including phenoxy) is 2. The maximum absolute atomic E-state index is 12.9. The van der Waals surface area contributed by atoms with Gasteiger partial charge in [-0.25, -0.2) is 0 Å². The zero-order valence-corrected chi connectivity index (χ0v) is 15.4. The quantitative estimate of drug-likeness (QED) is 0.889. The van der Waals surface area contributed by atoms with E-state index < -0.39 is 0 Å². The lowest BCUT2D eigenvalue weighted by Gasteiger charge is -2.31. The number of amides is 1. The number of carbonyl (C=O) groups excluding carboxylic acids is 1. The number of hydrogen-bond acceptors (Lipinski definition) is 4. The van der Waals surface area contributed by atoms with Crippen molar-refractivity contribution in [2.45, 2.75) is 45.8 Å². The van der Waals surface area contributed by atoms with Crippen molar-refractivity contribution in [3.8, 4) is 5.75 Å². The van der Waals surface area contributed by atoms with Crippen LogP contribution < -0.4 is 10.1 Å². The molecule has 0 aromatic heterocycles. The predicted molar refractivity (Wildman–Crippen MR) is 97.7 cm³/mol. The standard InChI is InChI=1S/C20H30N2O3/c1-15(2)13-22(20(23)19-12-21-8-10-25-19)14-16-6-7-18-17(11-16)5-3-4-9-24-18/h6-7,11,15,19,21H,3-5,8-10,12-14H2,1-2H3. The second-order valence-electron chi connectivity index (χ2n) is 7.42. The van der Waals surface area contributed by atoms with Gasteiger partial charge in [-0.05, 0) is 42.4 Å². The summed E-state index contributed by atoms with van der Waals surface area (Å²) in [6.07, 6.45) is 2.95. The summed E-state index contributed by atoms with van der Waals surface area (Å²) in [5, 5.41) is 3.25. The molecule has 0 saturated carbocycles. The first-order valence-corrected chi connectivity index (χ1v) is 9.49. The number of rotatable bonds is 5. The number of fused-ring (bicyclic) bond motifs is 1. The SMILES string of the molecule is CC(C)CN(Cc1ccc2c(c1)CCCCO2)C(=O)C1CNCCO1. The summed E-state index contributed by atoms with van der Waals surface area (Å²) in [7, 11) is 0. The van der Waals surface area contributed by atoms with Crippen LogP contribution in [0.4, 0.5) is 0 Å². The van der Waals surface area contributed by atoms with Crippen LogP contribution in [0.3, 0.4) is 0 Å². The second-order valence-corrected chi connectivity index (χ2v) is 7.42. The van der Waals surface area contributed by atoms with Gasteiger partial charge in [0.25, 0.3) is 5.91 Å². The Hall–Kier alpha value is -1.59. The lowest BCUT2D eigenvalue weighted by Crippen LogP contribution is -2.49. The minimum atomic E-state index is -0.364. The first-order chi connectivity index (χ1) is 12.1. The molecule has 2 aliphatic rings. The molecule has 1 atom stereocenters. The van der Waals surface area contributed by atoms with Gasteiger partial charge >= 0.3 is 0 Å². The van der Waals surface area contributed by atoms with Crippen LogP contribution in [0.1, 0.15) is 37.8 Å². The van der Waals surface area contributed by atoms with Crippen LogP contribution >= 0.6 is 0 Å². The number of nitrogens with zero attached hydrogens (tertiary/aromatic N) is 1. The van der Waals surface area contributed by atoms with Gasteiger partial charge in [0, 0.05) is 26.2 Å². The van der Waals surface area contributed by atoms with Gasteiger partial charge in [0.15, 0.2) is 0 Å². The Morgan fingerprint density at radius 3 is 2.96 bits per heavy atom. The molecule has 1 aromatic rings. The summed E-state index contributed by atoms with van der Waals surface area (Å²) in [6, 6.07) is 6.36. The molecule has 5 nitrogen and oxygen atoms in total. The van der Waals surface area contributed by atoms with Crippen molar-refractivity contribution in [2.75, 3.05) is 32.8 Å². The van der Waals surface area contributed by atoms with Crippen LogP contribution in [0.2, 0.25) is 0 Å². The molecule has 2 aliphatic heterocycles. The molecule has 0 bridgehead atoms. The number of morpholine rings is 1. The van der Waals surface area contributed by atoms with E-state index in [9.17, 15) is 4.79 Å². The van der Waals surface area contributed by atoms with Crippen LogP contribution in [-0.2, 0) is 22.5 Å². The third-order valence-electron chi connectivity index (χ3n) is 4.70. The van der Waals surface area contributed by atoms with E-state index in [1.165, 1.54) is 11.1 Å². The van der Waals surface area contributed by atoms with Crippen molar-refractivity contribution in [3.63, 3.8) is 0 Å². The topological polar surface area (TPSA) is 50.8 Å². The molecule has 0 aliphatic carbocycles. The zero-order valence-electron chi connectivity index (χ0n) is 15.4. The van der Waals surface area contributed by atoms with Gasteiger partial charge in [-0.1, -0.05) is 26.0 Å². The number of carbonyl (C=O) groups is 1. The third kappa shape index (κ3) is 4.95. The fourth-order valence-electron chi connectivity index (χ4n) is 3.49. The fraction of sp³-hybridized carbons (Fsp3) is 0.650. The van der Waals surface area contributed by atoms with E-state index in [0.29, 0.717) is 25.6 Å². The smallest absolute Gasteiger partial charge is 0.253 e. The average Bonchev–Trinajstić information content (AvgIpc) is 2.86. The normalized spacial score (nSPS) is 20.5. The maximum Gasteiger partial charge on any atom is 0.253 e. The minimum absolute atomic E-state index is 0.0899. The van der Waals surface area contributed by atoms with Gasteiger partial charge in [-0.15, -0.1) is 0 Å². The fourth-order valence-corrected chi connectivity index (χ4v) is 3.49. The van der Waals surface area contributed by atoms with Gasteiger partial charge in [0.2, 0.25) is 0 Å². The maximum atomic E-state index is 12.9. The Kier molecular flexibility index (Phi) is 6.32. The molecule has 2 heterocycles. The van der Waals surface area contributed by atoms with E-state index >= 15 is 0 Å². The largest absolute Gasteiger partial charge is 0.493 e. The summed E-state index contributed by atoms with van der Waals surface area (Å²) in [6.45, 7) is 8.48. The molecular formula is C20H30N2O3. The highest BCUT2D eigenvalue weighted by Gasteiger charge is 2.27. The first-order valence-electron chi connectivity index (χ1n) is 9.49. The summed E-state index contributed by atoms with van der Waals surface area (Å²) in [5.74, 6) is 1.51. The monoisotopic (exact) mass is 346 g/mol. The molecule has 25 heavy (non-hydrogen) atoms. The average molecular weight is 346 g/mol. The van der Waals surface area contributed by atoms with Gasteiger partial charge in [0.1, 0.15) is 11.9 Å². The van der Waals surface area contributed by atoms with Crippen LogP contribution in [0.25, 0.3) is 0 Å². The van der Waals surface area contributed by atoms with Gasteiger partial charge in [-0.2, -0.15) is 0 Å².